The first-order valence-corrected chi connectivity index (χ1v) is 14.3. The van der Waals surface area contributed by atoms with Crippen LogP contribution < -0.4 is 0 Å². The standard InChI is InChI=1S/C33H49N3/c1-26(2)35-21-23-36(24-22-35)27(3)30-13-15-32(16-14-30)31-11-9-28(10-12-31)7-8-29-17-19-34(20-18-29)25-33(4,5)6/h9-16,26,29H,3,7-8,17-25H2,1-2,4-6H3. The summed E-state index contributed by atoms with van der Waals surface area (Å²) >= 11 is 0. The van der Waals surface area contributed by atoms with Gasteiger partial charge in [-0.25, -0.2) is 0 Å². The second kappa shape index (κ2) is 12.0. The molecule has 2 saturated heterocycles. The van der Waals surface area contributed by atoms with Crippen LogP contribution in [0.1, 0.15) is 65.0 Å². The van der Waals surface area contributed by atoms with E-state index in [1.165, 1.54) is 67.6 Å². The summed E-state index contributed by atoms with van der Waals surface area (Å²) in [5.74, 6) is 0.884. The van der Waals surface area contributed by atoms with Crippen LogP contribution in [0.2, 0.25) is 0 Å². The van der Waals surface area contributed by atoms with Crippen molar-refractivity contribution in [2.24, 2.45) is 11.3 Å². The Bertz CT molecular complexity index is 951. The molecule has 0 bridgehead atoms. The third kappa shape index (κ3) is 7.46. The molecule has 196 valence electrons. The number of piperidine rings is 1. The molecule has 0 radical (unpaired) electrons. The van der Waals surface area contributed by atoms with Crippen molar-refractivity contribution < 1.29 is 0 Å². The van der Waals surface area contributed by atoms with Gasteiger partial charge in [0.1, 0.15) is 0 Å². The lowest BCUT2D eigenvalue weighted by molar-refractivity contribution is 0.133. The van der Waals surface area contributed by atoms with Crippen LogP contribution in [0.4, 0.5) is 0 Å². The molecule has 0 amide bonds. The zero-order chi connectivity index (χ0) is 25.7. The third-order valence-electron chi connectivity index (χ3n) is 8.18. The van der Waals surface area contributed by atoms with E-state index in [4.69, 9.17) is 0 Å². The van der Waals surface area contributed by atoms with Crippen LogP contribution in [0.3, 0.4) is 0 Å². The van der Waals surface area contributed by atoms with Crippen molar-refractivity contribution >= 4 is 5.70 Å². The van der Waals surface area contributed by atoms with Crippen molar-refractivity contribution in [1.29, 1.82) is 0 Å². The number of benzene rings is 2. The average Bonchev–Trinajstić information content (AvgIpc) is 2.87. The lowest BCUT2D eigenvalue weighted by atomic mass is 9.88. The number of likely N-dealkylation sites (tertiary alicyclic amines) is 1. The molecule has 4 rings (SSSR count). The Hall–Kier alpha value is -2.10. The SMILES string of the molecule is C=C(c1ccc(-c2ccc(CCC3CCN(CC(C)(C)C)CC3)cc2)cc1)N1CCN(C(C)C)CC1. The fraction of sp³-hybridized carbons (Fsp3) is 0.576. The monoisotopic (exact) mass is 487 g/mol. The van der Waals surface area contributed by atoms with E-state index in [-0.39, 0.29) is 0 Å². The van der Waals surface area contributed by atoms with Gasteiger partial charge in [-0.3, -0.25) is 4.90 Å². The molecule has 3 heteroatoms. The van der Waals surface area contributed by atoms with Gasteiger partial charge in [0.2, 0.25) is 0 Å². The maximum absolute atomic E-state index is 4.42. The number of piperazine rings is 1. The highest BCUT2D eigenvalue weighted by molar-refractivity contribution is 5.69. The summed E-state index contributed by atoms with van der Waals surface area (Å²) in [5.41, 5.74) is 6.87. The van der Waals surface area contributed by atoms with Gasteiger partial charge >= 0.3 is 0 Å². The van der Waals surface area contributed by atoms with Crippen molar-refractivity contribution in [3.63, 3.8) is 0 Å². The van der Waals surface area contributed by atoms with Gasteiger partial charge in [0.15, 0.2) is 0 Å². The third-order valence-corrected chi connectivity index (χ3v) is 8.18. The predicted octanol–water partition coefficient (Wildman–Crippen LogP) is 7.04. The summed E-state index contributed by atoms with van der Waals surface area (Å²) in [4.78, 5) is 7.66. The topological polar surface area (TPSA) is 9.72 Å². The van der Waals surface area contributed by atoms with Gasteiger partial charge in [0.25, 0.3) is 0 Å². The smallest absolute Gasteiger partial charge is 0.0367 e. The molecule has 3 nitrogen and oxygen atoms in total. The van der Waals surface area contributed by atoms with Gasteiger partial charge in [0, 0.05) is 44.5 Å². The molecule has 0 aromatic heterocycles. The molecule has 2 aliphatic heterocycles. The molecule has 0 aliphatic carbocycles. The van der Waals surface area contributed by atoms with Gasteiger partial charge in [-0.1, -0.05) is 75.9 Å². The number of hydrogen-bond acceptors (Lipinski definition) is 3. The quantitative estimate of drug-likeness (QED) is 0.395. The fourth-order valence-electron chi connectivity index (χ4n) is 5.88. The summed E-state index contributed by atoms with van der Waals surface area (Å²) in [6.45, 7) is 24.2. The second-order valence-corrected chi connectivity index (χ2v) is 12.7. The van der Waals surface area contributed by atoms with Crippen molar-refractivity contribution in [3.8, 4) is 11.1 Å². The molecule has 36 heavy (non-hydrogen) atoms. The number of nitrogens with zero attached hydrogens (tertiary/aromatic N) is 3. The highest BCUT2D eigenvalue weighted by Crippen LogP contribution is 2.27. The Labute approximate surface area is 221 Å². The van der Waals surface area contributed by atoms with Crippen LogP contribution in [-0.4, -0.2) is 66.6 Å². The van der Waals surface area contributed by atoms with Crippen LogP contribution in [-0.2, 0) is 6.42 Å². The lowest BCUT2D eigenvalue weighted by Gasteiger charge is -2.39. The molecule has 2 aliphatic rings. The Balaban J connectivity index is 1.25. The van der Waals surface area contributed by atoms with Crippen LogP contribution in [0, 0.1) is 11.3 Å². The molecule has 2 aromatic carbocycles. The van der Waals surface area contributed by atoms with E-state index in [1.807, 2.05) is 0 Å². The first kappa shape index (κ1) is 26.9. The van der Waals surface area contributed by atoms with E-state index in [2.05, 4.69) is 104 Å². The molecular formula is C33H49N3. The van der Waals surface area contributed by atoms with Crippen molar-refractivity contribution in [2.45, 2.75) is 66.3 Å². The maximum Gasteiger partial charge on any atom is 0.0367 e. The minimum absolute atomic E-state index is 0.409. The molecule has 2 fully saturated rings. The van der Waals surface area contributed by atoms with Crippen LogP contribution in [0.15, 0.2) is 55.1 Å². The van der Waals surface area contributed by atoms with E-state index in [1.54, 1.807) is 0 Å². The summed E-state index contributed by atoms with van der Waals surface area (Å²) in [6.07, 6.45) is 5.25. The van der Waals surface area contributed by atoms with Gasteiger partial charge in [-0.05, 0) is 86.2 Å². The largest absolute Gasteiger partial charge is 0.369 e. The molecule has 0 spiro atoms. The Morgan fingerprint density at radius 2 is 1.39 bits per heavy atom. The molecule has 2 heterocycles. The minimum atomic E-state index is 0.409. The Kier molecular flexibility index (Phi) is 8.96. The van der Waals surface area contributed by atoms with E-state index in [0.717, 1.165) is 37.8 Å². The predicted molar refractivity (Wildman–Crippen MR) is 156 cm³/mol. The fourth-order valence-corrected chi connectivity index (χ4v) is 5.88. The van der Waals surface area contributed by atoms with Crippen LogP contribution in [0.5, 0.6) is 0 Å². The number of rotatable bonds is 8. The summed E-state index contributed by atoms with van der Waals surface area (Å²) in [5, 5.41) is 0. The second-order valence-electron chi connectivity index (χ2n) is 12.7. The maximum atomic E-state index is 4.42. The number of aryl methyl sites for hydroxylation is 1. The van der Waals surface area contributed by atoms with E-state index >= 15 is 0 Å². The zero-order valence-corrected chi connectivity index (χ0v) is 23.6. The van der Waals surface area contributed by atoms with Crippen molar-refractivity contribution in [1.82, 2.24) is 14.7 Å². The van der Waals surface area contributed by atoms with Crippen LogP contribution in [0.25, 0.3) is 16.8 Å². The van der Waals surface area contributed by atoms with E-state index in [9.17, 15) is 0 Å². The van der Waals surface area contributed by atoms with Gasteiger partial charge in [-0.2, -0.15) is 0 Å². The summed E-state index contributed by atoms with van der Waals surface area (Å²) < 4.78 is 0. The van der Waals surface area contributed by atoms with E-state index in [0.29, 0.717) is 11.5 Å². The molecule has 2 aromatic rings. The molecule has 0 unspecified atom stereocenters. The highest BCUT2D eigenvalue weighted by atomic mass is 15.3. The van der Waals surface area contributed by atoms with Gasteiger partial charge in [0.05, 0.1) is 0 Å². The van der Waals surface area contributed by atoms with Gasteiger partial charge in [-0.15, -0.1) is 0 Å². The van der Waals surface area contributed by atoms with E-state index < -0.39 is 0 Å². The normalized spacial score (nSPS) is 18.7. The van der Waals surface area contributed by atoms with Crippen molar-refractivity contribution in [3.05, 3.63) is 66.2 Å². The first-order valence-electron chi connectivity index (χ1n) is 14.3. The average molecular weight is 488 g/mol. The lowest BCUT2D eigenvalue weighted by Crippen LogP contribution is -2.47. The summed E-state index contributed by atoms with van der Waals surface area (Å²) in [7, 11) is 0. The molecule has 0 atom stereocenters. The number of hydrogen-bond donors (Lipinski definition) is 0. The molecular weight excluding hydrogens is 438 g/mol. The molecule has 0 N–H and O–H groups in total. The zero-order valence-electron chi connectivity index (χ0n) is 23.6. The Morgan fingerprint density at radius 1 is 0.833 bits per heavy atom. The molecule has 0 saturated carbocycles. The summed E-state index contributed by atoms with van der Waals surface area (Å²) in [6, 6.07) is 18.9. The first-order chi connectivity index (χ1) is 17.2. The highest BCUT2D eigenvalue weighted by Gasteiger charge is 2.23. The van der Waals surface area contributed by atoms with Crippen LogP contribution >= 0.6 is 0 Å². The van der Waals surface area contributed by atoms with Crippen molar-refractivity contribution in [2.75, 3.05) is 45.8 Å². The van der Waals surface area contributed by atoms with Gasteiger partial charge < -0.3 is 9.80 Å². The minimum Gasteiger partial charge on any atom is -0.369 e. The Morgan fingerprint density at radius 3 is 1.92 bits per heavy atom.